The second kappa shape index (κ2) is 6.95. The fourth-order valence-electron chi connectivity index (χ4n) is 3.92. The second-order valence-electron chi connectivity index (χ2n) is 7.35. The minimum Gasteiger partial charge on any atom is -0.319 e. The Morgan fingerprint density at radius 3 is 2.72 bits per heavy atom. The van der Waals surface area contributed by atoms with E-state index in [1.807, 2.05) is 24.3 Å². The third kappa shape index (κ3) is 3.14. The van der Waals surface area contributed by atoms with Crippen LogP contribution in [-0.4, -0.2) is 35.8 Å². The number of hydrogen-bond donors (Lipinski definition) is 1. The number of anilines is 1. The zero-order valence-corrected chi connectivity index (χ0v) is 15.7. The number of imide groups is 1. The Kier molecular flexibility index (Phi) is 4.56. The van der Waals surface area contributed by atoms with Crippen LogP contribution in [0.25, 0.3) is 0 Å². The Labute approximate surface area is 166 Å². The van der Waals surface area contributed by atoms with E-state index >= 15 is 0 Å². The van der Waals surface area contributed by atoms with E-state index in [0.717, 1.165) is 47.2 Å². The van der Waals surface area contributed by atoms with Crippen molar-refractivity contribution < 1.29 is 23.2 Å². The number of aryl methyl sites for hydroxylation is 1. The molecule has 0 bridgehead atoms. The fraction of sp³-hybridized carbons (Fsp3) is 0.286. The minimum atomic E-state index is -1.79. The lowest BCUT2D eigenvalue weighted by atomic mass is 9.91. The van der Waals surface area contributed by atoms with E-state index in [1.165, 1.54) is 6.92 Å². The zero-order chi connectivity index (χ0) is 20.8. The maximum atomic E-state index is 14.2. The van der Waals surface area contributed by atoms with Crippen LogP contribution < -0.4 is 10.2 Å². The predicted molar refractivity (Wildman–Crippen MR) is 101 cm³/mol. The SMILES string of the molecule is CC1(c2cc(F)ccc2F)NC(=O)N(CC(=O)N2CCCc3ccccc32)C1=O. The predicted octanol–water partition coefficient (Wildman–Crippen LogP) is 2.71. The van der Waals surface area contributed by atoms with Crippen LogP contribution in [0.2, 0.25) is 0 Å². The number of amides is 4. The average Bonchev–Trinajstić information content (AvgIpc) is 2.93. The summed E-state index contributed by atoms with van der Waals surface area (Å²) in [6.45, 7) is 1.30. The highest BCUT2D eigenvalue weighted by molar-refractivity contribution is 6.10. The van der Waals surface area contributed by atoms with E-state index in [2.05, 4.69) is 5.32 Å². The summed E-state index contributed by atoms with van der Waals surface area (Å²) in [6, 6.07) is 9.36. The maximum absolute atomic E-state index is 14.2. The van der Waals surface area contributed by atoms with Crippen LogP contribution in [0.1, 0.15) is 24.5 Å². The van der Waals surface area contributed by atoms with Gasteiger partial charge in [0.15, 0.2) is 0 Å². The van der Waals surface area contributed by atoms with E-state index in [9.17, 15) is 23.2 Å². The first-order valence-electron chi connectivity index (χ1n) is 9.29. The standard InChI is InChI=1S/C21H19F2N3O3/c1-21(15-11-14(22)8-9-16(15)23)19(28)26(20(29)24-21)12-18(27)25-10-4-6-13-5-2-3-7-17(13)25/h2-3,5,7-9,11H,4,6,10,12H2,1H3,(H,24,29). The van der Waals surface area contributed by atoms with Crippen molar-refractivity contribution in [1.29, 1.82) is 0 Å². The number of nitrogens with one attached hydrogen (secondary N) is 1. The Morgan fingerprint density at radius 2 is 1.93 bits per heavy atom. The van der Waals surface area contributed by atoms with Gasteiger partial charge < -0.3 is 10.2 Å². The van der Waals surface area contributed by atoms with Crippen molar-refractivity contribution in [2.24, 2.45) is 0 Å². The van der Waals surface area contributed by atoms with E-state index in [4.69, 9.17) is 0 Å². The molecular formula is C21H19F2N3O3. The quantitative estimate of drug-likeness (QED) is 0.807. The molecule has 150 valence electrons. The van der Waals surface area contributed by atoms with Gasteiger partial charge in [0, 0.05) is 17.8 Å². The van der Waals surface area contributed by atoms with Gasteiger partial charge in [-0.05, 0) is 49.6 Å². The Balaban J connectivity index is 1.59. The van der Waals surface area contributed by atoms with Crippen LogP contribution in [0.5, 0.6) is 0 Å². The molecule has 1 saturated heterocycles. The molecule has 6 nitrogen and oxygen atoms in total. The molecule has 2 aromatic carbocycles. The third-order valence-electron chi connectivity index (χ3n) is 5.45. The molecule has 2 heterocycles. The highest BCUT2D eigenvalue weighted by atomic mass is 19.1. The van der Waals surface area contributed by atoms with Crippen molar-refractivity contribution in [3.05, 3.63) is 65.2 Å². The summed E-state index contributed by atoms with van der Waals surface area (Å²) in [4.78, 5) is 40.6. The summed E-state index contributed by atoms with van der Waals surface area (Å²) in [7, 11) is 0. The summed E-state index contributed by atoms with van der Waals surface area (Å²) in [5.41, 5.74) is -0.289. The van der Waals surface area contributed by atoms with Gasteiger partial charge in [-0.25, -0.2) is 13.6 Å². The molecule has 1 N–H and O–H groups in total. The molecule has 0 aliphatic carbocycles. The van der Waals surface area contributed by atoms with E-state index in [-0.39, 0.29) is 5.56 Å². The third-order valence-corrected chi connectivity index (χ3v) is 5.45. The molecule has 1 unspecified atom stereocenters. The number of carbonyl (C=O) groups excluding carboxylic acids is 3. The molecule has 1 atom stereocenters. The van der Waals surface area contributed by atoms with E-state index in [0.29, 0.717) is 6.54 Å². The van der Waals surface area contributed by atoms with Gasteiger partial charge in [-0.15, -0.1) is 0 Å². The van der Waals surface area contributed by atoms with Gasteiger partial charge in [0.2, 0.25) is 5.91 Å². The number of nitrogens with zero attached hydrogens (tertiary/aromatic N) is 2. The number of fused-ring (bicyclic) bond motifs is 1. The Morgan fingerprint density at radius 1 is 1.17 bits per heavy atom. The van der Waals surface area contributed by atoms with Gasteiger partial charge in [-0.3, -0.25) is 14.5 Å². The zero-order valence-electron chi connectivity index (χ0n) is 15.7. The average molecular weight is 399 g/mol. The maximum Gasteiger partial charge on any atom is 0.325 e. The van der Waals surface area contributed by atoms with Gasteiger partial charge in [-0.1, -0.05) is 18.2 Å². The first-order valence-corrected chi connectivity index (χ1v) is 9.29. The van der Waals surface area contributed by atoms with E-state index in [1.54, 1.807) is 4.90 Å². The van der Waals surface area contributed by atoms with Gasteiger partial charge in [0.25, 0.3) is 5.91 Å². The number of rotatable bonds is 3. The summed E-state index contributed by atoms with van der Waals surface area (Å²) in [6.07, 6.45) is 1.62. The normalized spacial score (nSPS) is 21.2. The molecule has 8 heteroatoms. The summed E-state index contributed by atoms with van der Waals surface area (Å²) in [5.74, 6) is -2.76. The molecule has 2 aliphatic rings. The van der Waals surface area contributed by atoms with Crippen molar-refractivity contribution in [3.8, 4) is 0 Å². The van der Waals surface area contributed by atoms with Crippen molar-refractivity contribution in [3.63, 3.8) is 0 Å². The lowest BCUT2D eigenvalue weighted by molar-refractivity contribution is -0.134. The second-order valence-corrected chi connectivity index (χ2v) is 7.35. The lowest BCUT2D eigenvalue weighted by Gasteiger charge is -2.30. The van der Waals surface area contributed by atoms with Crippen LogP contribution in [0, 0.1) is 11.6 Å². The molecule has 4 rings (SSSR count). The van der Waals surface area contributed by atoms with Crippen molar-refractivity contribution in [1.82, 2.24) is 10.2 Å². The highest BCUT2D eigenvalue weighted by Crippen LogP contribution is 2.32. The van der Waals surface area contributed by atoms with Crippen LogP contribution in [0.15, 0.2) is 42.5 Å². The lowest BCUT2D eigenvalue weighted by Crippen LogP contribution is -2.46. The summed E-state index contributed by atoms with van der Waals surface area (Å²) < 4.78 is 27.9. The van der Waals surface area contributed by atoms with Crippen molar-refractivity contribution >= 4 is 23.5 Å². The van der Waals surface area contributed by atoms with Crippen LogP contribution in [0.3, 0.4) is 0 Å². The largest absolute Gasteiger partial charge is 0.325 e. The van der Waals surface area contributed by atoms with Crippen LogP contribution >= 0.6 is 0 Å². The molecule has 2 aliphatic heterocycles. The van der Waals surface area contributed by atoms with Gasteiger partial charge >= 0.3 is 6.03 Å². The topological polar surface area (TPSA) is 69.7 Å². The van der Waals surface area contributed by atoms with Gasteiger partial charge in [0.1, 0.15) is 23.7 Å². The molecular weight excluding hydrogens is 380 g/mol. The Hall–Kier alpha value is -3.29. The highest BCUT2D eigenvalue weighted by Gasteiger charge is 2.51. The van der Waals surface area contributed by atoms with Crippen molar-refractivity contribution in [2.45, 2.75) is 25.3 Å². The summed E-state index contributed by atoms with van der Waals surface area (Å²) >= 11 is 0. The van der Waals surface area contributed by atoms with Crippen LogP contribution in [0.4, 0.5) is 19.3 Å². The number of carbonyl (C=O) groups is 3. The van der Waals surface area contributed by atoms with Gasteiger partial charge in [0.05, 0.1) is 0 Å². The molecule has 29 heavy (non-hydrogen) atoms. The molecule has 0 radical (unpaired) electrons. The Bertz CT molecular complexity index is 1030. The first kappa shape index (κ1) is 19.0. The monoisotopic (exact) mass is 399 g/mol. The number of halogens is 2. The van der Waals surface area contributed by atoms with Gasteiger partial charge in [-0.2, -0.15) is 0 Å². The minimum absolute atomic E-state index is 0.283. The number of hydrogen-bond acceptors (Lipinski definition) is 3. The fourth-order valence-corrected chi connectivity index (χ4v) is 3.92. The first-order chi connectivity index (χ1) is 13.8. The van der Waals surface area contributed by atoms with E-state index < -0.39 is 41.6 Å². The summed E-state index contributed by atoms with van der Waals surface area (Å²) in [5, 5.41) is 2.40. The molecule has 0 spiro atoms. The molecule has 2 aromatic rings. The molecule has 1 fully saturated rings. The molecule has 0 aromatic heterocycles. The smallest absolute Gasteiger partial charge is 0.319 e. The van der Waals surface area contributed by atoms with Crippen molar-refractivity contribution in [2.75, 3.05) is 18.0 Å². The molecule has 4 amide bonds. The number of urea groups is 1. The number of benzene rings is 2. The molecule has 0 saturated carbocycles. The van der Waals surface area contributed by atoms with Crippen LogP contribution in [-0.2, 0) is 21.5 Å². The number of para-hydroxylation sites is 1.